The van der Waals surface area contributed by atoms with Crippen LogP contribution in [-0.2, 0) is 119 Å². The predicted octanol–water partition coefficient (Wildman–Crippen LogP) is -3.94. The zero-order valence-electron chi connectivity index (χ0n) is 75.0. The van der Waals surface area contributed by atoms with Gasteiger partial charge in [0.1, 0.15) is 67.3 Å². The third kappa shape index (κ3) is 27.7. The van der Waals surface area contributed by atoms with E-state index < -0.39 is 114 Å². The Morgan fingerprint density at radius 3 is 0.902 bits per heavy atom. The molecule has 19 aliphatic rings. The molecule has 20 N–H and O–H groups in total. The molecule has 43 nitrogen and oxygen atoms in total. The van der Waals surface area contributed by atoms with Crippen molar-refractivity contribution in [1.29, 1.82) is 0 Å². The van der Waals surface area contributed by atoms with Crippen LogP contribution in [0.4, 0.5) is 0 Å². The summed E-state index contributed by atoms with van der Waals surface area (Å²) in [7, 11) is 11.8. The van der Waals surface area contributed by atoms with E-state index in [1.165, 1.54) is 7.05 Å². The Bertz CT molecular complexity index is 2940. The van der Waals surface area contributed by atoms with E-state index in [9.17, 15) is 39.3 Å². The van der Waals surface area contributed by atoms with Gasteiger partial charge in [-0.15, -0.1) is 0 Å². The maximum atomic E-state index is 11.8. The van der Waals surface area contributed by atoms with E-state index in [2.05, 4.69) is 58.0 Å². The molecule has 122 heavy (non-hydrogen) atoms. The number of ether oxygens (including phenoxy) is 20. The second-order valence-electron chi connectivity index (χ2n) is 35.3. The van der Waals surface area contributed by atoms with Crippen molar-refractivity contribution in [3.8, 4) is 0 Å². The summed E-state index contributed by atoms with van der Waals surface area (Å²) in [5.74, 6) is -9.51. The number of carbonyl (C=O) groups is 5. The van der Waals surface area contributed by atoms with Gasteiger partial charge in [-0.3, -0.25) is 19.2 Å². The molecular formula is C79H149N9O34. The number of hydrogen-bond acceptors (Lipinski definition) is 41. The summed E-state index contributed by atoms with van der Waals surface area (Å²) in [4.78, 5) is 53.9. The van der Waals surface area contributed by atoms with Gasteiger partial charge in [-0.2, -0.15) is 0 Å². The summed E-state index contributed by atoms with van der Waals surface area (Å²) < 4.78 is 111. The molecule has 19 rings (SSSR count). The number of carboxylic acid groups (broad SMARTS) is 2. The van der Waals surface area contributed by atoms with E-state index in [0.717, 1.165) is 6.29 Å². The van der Waals surface area contributed by atoms with Crippen molar-refractivity contribution in [3.05, 3.63) is 0 Å². The number of ketones is 1. The predicted molar refractivity (Wildman–Crippen MR) is 431 cm³/mol. The van der Waals surface area contributed by atoms with Gasteiger partial charge in [0, 0.05) is 44.3 Å². The fraction of sp³-hybridized carbons (Fsp3) is 0.937. The van der Waals surface area contributed by atoms with Crippen LogP contribution in [0.15, 0.2) is 0 Å². The molecular weight excluding hydrogens is 1620 g/mol. The quantitative estimate of drug-likeness (QED) is 0.0226. The van der Waals surface area contributed by atoms with Crippen LogP contribution >= 0.6 is 0 Å². The van der Waals surface area contributed by atoms with Crippen LogP contribution in [0.1, 0.15) is 115 Å². The van der Waals surface area contributed by atoms with Gasteiger partial charge in [-0.1, -0.05) is 83.1 Å². The number of carbonyl (C=O) groups excluding carboxylic acids is 3. The molecule has 0 aromatic rings. The van der Waals surface area contributed by atoms with E-state index >= 15 is 0 Å². The van der Waals surface area contributed by atoms with Gasteiger partial charge in [0.05, 0.1) is 176 Å². The van der Waals surface area contributed by atoms with Gasteiger partial charge in [0.25, 0.3) is 0 Å². The van der Waals surface area contributed by atoms with Crippen molar-refractivity contribution >= 4 is 30.0 Å². The maximum absolute atomic E-state index is 11.8. The van der Waals surface area contributed by atoms with Crippen LogP contribution in [0, 0.1) is 37.9 Å². The molecule has 0 aliphatic carbocycles. The number of carboxylic acids is 2. The Balaban J connectivity index is 0.000000246. The summed E-state index contributed by atoms with van der Waals surface area (Å²) >= 11 is 0. The third-order valence-corrected chi connectivity index (χ3v) is 22.7. The number of aldehydes is 1. The second kappa shape index (κ2) is 47.8. The average molecular weight is 1770 g/mol. The minimum atomic E-state index is -1.23. The van der Waals surface area contributed by atoms with Gasteiger partial charge >= 0.3 is 53.7 Å². The lowest BCUT2D eigenvalue weighted by Crippen LogP contribution is -2.69. The average Bonchev–Trinajstić information content (AvgIpc) is 0.798. The van der Waals surface area contributed by atoms with E-state index in [1.54, 1.807) is 49.2 Å². The number of fused-ring (bicyclic) bond motifs is 18. The number of aliphatic hydroxyl groups excluding tert-OH is 7. The van der Waals surface area contributed by atoms with Crippen molar-refractivity contribution in [2.75, 3.05) is 208 Å². The highest BCUT2D eigenvalue weighted by atomic mass is 16.9. The number of Topliss-reactive ketones (excluding diaryl/α,β-unsaturated/α-hetero) is 1. The normalized spacial score (nSPS) is 36.2. The summed E-state index contributed by atoms with van der Waals surface area (Å²) in [6.07, 6.45) is 0.648. The van der Waals surface area contributed by atoms with E-state index in [-0.39, 0.29) is 81.6 Å². The largest absolute Gasteiger partial charge is 0.480 e. The van der Waals surface area contributed by atoms with Crippen molar-refractivity contribution < 1.29 is 165 Å². The molecule has 0 radical (unpaired) electrons. The number of hydrogen-bond donors (Lipinski definition) is 18. The summed E-state index contributed by atoms with van der Waals surface area (Å²) in [5, 5.41) is 101. The van der Waals surface area contributed by atoms with Crippen molar-refractivity contribution in [2.45, 2.75) is 230 Å². The van der Waals surface area contributed by atoms with E-state index in [0.29, 0.717) is 171 Å². The number of likely N-dealkylation sites (N-methyl/N-ethyl adjacent to an activating group) is 7. The molecule has 43 heteroatoms. The molecule has 0 spiro atoms. The fourth-order valence-electron chi connectivity index (χ4n) is 13.6. The maximum Gasteiger partial charge on any atom is 0.325 e. The first-order valence-corrected chi connectivity index (χ1v) is 41.8. The first kappa shape index (κ1) is 109. The van der Waals surface area contributed by atoms with E-state index in [1.807, 2.05) is 55.4 Å². The third-order valence-electron chi connectivity index (χ3n) is 22.7. The van der Waals surface area contributed by atoms with Gasteiger partial charge in [-0.05, 0) is 75.0 Å². The highest BCUT2D eigenvalue weighted by Gasteiger charge is 2.62. The summed E-state index contributed by atoms with van der Waals surface area (Å²) in [6.45, 7) is 35.1. The van der Waals surface area contributed by atoms with Gasteiger partial charge < -0.3 is 194 Å². The lowest BCUT2D eigenvalue weighted by Gasteiger charge is -2.53. The lowest BCUT2D eigenvalue weighted by atomic mass is 9.90. The standard InChI is InChI=1S/2C11H21NO4.C11H19NO4.C10H19NO4.C9H17NO4.C9H15NO4.C9H17NO4.C5H11NO3.C4H9NO3/c3*1-4-8(13)9(12-3)11-14-5-10(2,6-15-11)7-16-11;1-3-7(12)8(11)10-13-4-9(2,5-14-10)6-15-10;2*1-8-4-12-9(13-5-8,14-6-8)7(3-11)10-2;1-9(4-13-5-9)6-14-8(12)7(3-11)10-2;1-2-3(7)4(6)5(8)9;1-5-3(2-6)4(7)8/h2*8-9,12-13H,4-7H2,1-3H3;9,12H,4-7H2,1-3H3;7-8,12H,3-6,11H2,1-2H3;7,10-11H,3-6H2,1-2H3;3,7,10H,4-6H2,1-2H3;7,10-11H,3-6H2,1-2H3;3-4,7H,2,6H2,1H3,(H,8,9);3,5-6H,2H2,1H3,(H,7,8)/t8-,9+,10?,11?;8-,9-,10?,11?;9-,10?,11?;7-,8-,9?,10?;2*7-,8?,9?;7-;3-,4-;3-/m100000000/s1. The zero-order chi connectivity index (χ0) is 91.6. The molecule has 0 aromatic carbocycles. The molecule has 0 unspecified atom stereocenters. The zero-order valence-corrected chi connectivity index (χ0v) is 75.0. The van der Waals surface area contributed by atoms with Crippen LogP contribution < -0.4 is 48.7 Å². The van der Waals surface area contributed by atoms with Crippen LogP contribution in [-0.4, -0.2) is 398 Å². The molecule has 19 aliphatic heterocycles. The SMILES string of the molecule is CCC(=O)[C@H](NC)C12OCC(C)(CO1)CO2.CC[C@@H](O)[C@H](NC)C12OCC(C)(CO1)CO2.CC[C@H](O)[C@H](N)C(=O)O.CC[C@H](O)[C@H](N)C12OCC(C)(CO1)CO2.CC[C@H](O)[C@H](NC)C12OCC(C)(CO1)CO2.CN[C@@H](C=O)C12OCC(C)(CO1)CO2.CN[C@@H](CO)C(=O)O.CN[C@@H](CO)C(=O)OCC1(C)COC1.CN[C@@H](CO)C12OCC(C)(CO1)CO2. The van der Waals surface area contributed by atoms with Gasteiger partial charge in [-0.25, -0.2) is 0 Å². The Kier molecular flexibility index (Phi) is 42.6. The minimum absolute atomic E-state index is 0.0322. The van der Waals surface area contributed by atoms with E-state index in [4.69, 9.17) is 137 Å². The number of aliphatic hydroxyl groups is 7. The number of nitrogens with one attached hydrogen (secondary N) is 7. The fourth-order valence-corrected chi connectivity index (χ4v) is 13.6. The first-order chi connectivity index (χ1) is 57.4. The molecule has 0 amide bonds. The van der Waals surface area contributed by atoms with Crippen LogP contribution in [0.25, 0.3) is 0 Å². The molecule has 12 bridgehead atoms. The number of nitrogens with two attached hydrogens (primary N) is 2. The number of aliphatic carboxylic acids is 2. The highest BCUT2D eigenvalue weighted by molar-refractivity contribution is 5.84. The molecule has 0 saturated carbocycles. The summed E-state index contributed by atoms with van der Waals surface area (Å²) in [5.41, 5.74) is 10.5. The Morgan fingerprint density at radius 1 is 0.377 bits per heavy atom. The summed E-state index contributed by atoms with van der Waals surface area (Å²) in [6, 6.07) is -5.44. The minimum Gasteiger partial charge on any atom is -0.480 e. The highest BCUT2D eigenvalue weighted by Crippen LogP contribution is 2.46. The molecule has 19 fully saturated rings. The number of esters is 1. The molecule has 0 aromatic heterocycles. The van der Waals surface area contributed by atoms with Gasteiger partial charge in [0.15, 0.2) is 5.78 Å². The number of rotatable bonds is 32. The smallest absolute Gasteiger partial charge is 0.325 e. The molecule has 19 saturated heterocycles. The molecule has 13 atom stereocenters. The van der Waals surface area contributed by atoms with Crippen LogP contribution in [0.5, 0.6) is 0 Å². The first-order valence-electron chi connectivity index (χ1n) is 41.8. The Labute approximate surface area is 716 Å². The van der Waals surface area contributed by atoms with Crippen molar-refractivity contribution in [3.63, 3.8) is 0 Å². The molecule has 19 heterocycles. The van der Waals surface area contributed by atoms with Crippen LogP contribution in [0.2, 0.25) is 0 Å². The second-order valence-corrected chi connectivity index (χ2v) is 35.3. The Hall–Kier alpha value is -3.65. The van der Waals surface area contributed by atoms with Crippen molar-refractivity contribution in [1.82, 2.24) is 37.2 Å². The lowest BCUT2D eigenvalue weighted by molar-refractivity contribution is -0.478. The molecule has 714 valence electrons. The van der Waals surface area contributed by atoms with Crippen LogP contribution in [0.3, 0.4) is 0 Å². The van der Waals surface area contributed by atoms with Gasteiger partial charge in [0.2, 0.25) is 0 Å². The van der Waals surface area contributed by atoms with Crippen molar-refractivity contribution in [2.24, 2.45) is 49.4 Å². The topological polar surface area (TPSA) is 588 Å². The monoisotopic (exact) mass is 1770 g/mol. The Morgan fingerprint density at radius 2 is 0.689 bits per heavy atom.